The van der Waals surface area contributed by atoms with Gasteiger partial charge in [0.05, 0.1) is 6.10 Å². The minimum Gasteiger partial charge on any atom is -0.366 e. The summed E-state index contributed by atoms with van der Waals surface area (Å²) in [6.07, 6.45) is 8.97. The van der Waals surface area contributed by atoms with Gasteiger partial charge in [-0.3, -0.25) is 4.79 Å². The third-order valence-electron chi connectivity index (χ3n) is 5.04. The van der Waals surface area contributed by atoms with Crippen molar-refractivity contribution in [1.29, 1.82) is 0 Å². The van der Waals surface area contributed by atoms with E-state index in [4.69, 9.17) is 4.74 Å². The largest absolute Gasteiger partial charge is 0.366 e. The molecule has 1 unspecified atom stereocenters. The monoisotopic (exact) mass is 266 g/mol. The van der Waals surface area contributed by atoms with Crippen molar-refractivity contribution < 1.29 is 9.53 Å². The molecule has 4 heteroatoms. The van der Waals surface area contributed by atoms with Crippen LogP contribution in [-0.2, 0) is 9.53 Å². The third-order valence-corrected chi connectivity index (χ3v) is 5.04. The van der Waals surface area contributed by atoms with Gasteiger partial charge in [-0.1, -0.05) is 19.3 Å². The van der Waals surface area contributed by atoms with E-state index >= 15 is 0 Å². The number of ether oxygens (including phenoxy) is 1. The van der Waals surface area contributed by atoms with Crippen molar-refractivity contribution in [2.75, 3.05) is 26.2 Å². The van der Waals surface area contributed by atoms with Gasteiger partial charge < -0.3 is 15.0 Å². The van der Waals surface area contributed by atoms with Gasteiger partial charge in [0.15, 0.2) is 0 Å². The molecular weight excluding hydrogens is 240 g/mol. The second-order valence-corrected chi connectivity index (χ2v) is 6.27. The highest BCUT2D eigenvalue weighted by Crippen LogP contribution is 2.28. The molecule has 19 heavy (non-hydrogen) atoms. The lowest BCUT2D eigenvalue weighted by molar-refractivity contribution is -0.157. The van der Waals surface area contributed by atoms with E-state index in [-0.39, 0.29) is 12.0 Å². The van der Waals surface area contributed by atoms with Crippen molar-refractivity contribution in [2.45, 2.75) is 57.1 Å². The number of piperidine rings is 1. The Morgan fingerprint density at radius 1 is 1.05 bits per heavy atom. The fourth-order valence-corrected chi connectivity index (χ4v) is 3.86. The van der Waals surface area contributed by atoms with Gasteiger partial charge in [0, 0.05) is 12.6 Å². The Bertz CT molecular complexity index is 309. The van der Waals surface area contributed by atoms with Gasteiger partial charge in [-0.25, -0.2) is 0 Å². The summed E-state index contributed by atoms with van der Waals surface area (Å²) in [4.78, 5) is 14.3. The van der Waals surface area contributed by atoms with Crippen LogP contribution in [0.2, 0.25) is 0 Å². The van der Waals surface area contributed by atoms with E-state index in [1.807, 2.05) is 0 Å². The first-order valence-corrected chi connectivity index (χ1v) is 7.96. The molecule has 1 atom stereocenters. The lowest BCUT2D eigenvalue weighted by Gasteiger charge is -2.42. The first kappa shape index (κ1) is 13.4. The Morgan fingerprint density at radius 2 is 1.79 bits per heavy atom. The van der Waals surface area contributed by atoms with E-state index < -0.39 is 0 Å². The number of hydrogen-bond donors (Lipinski definition) is 1. The fourth-order valence-electron chi connectivity index (χ4n) is 3.86. The molecule has 1 amide bonds. The summed E-state index contributed by atoms with van der Waals surface area (Å²) in [7, 11) is 0. The Hall–Kier alpha value is -0.610. The number of rotatable bonds is 2. The zero-order chi connectivity index (χ0) is 13.1. The number of hydrogen-bond acceptors (Lipinski definition) is 3. The van der Waals surface area contributed by atoms with E-state index in [2.05, 4.69) is 10.2 Å². The van der Waals surface area contributed by atoms with Crippen molar-refractivity contribution in [3.8, 4) is 0 Å². The van der Waals surface area contributed by atoms with Gasteiger partial charge in [0.25, 0.3) is 0 Å². The average molecular weight is 266 g/mol. The summed E-state index contributed by atoms with van der Waals surface area (Å²) in [6, 6.07) is 0.495. The number of morpholine rings is 1. The number of nitrogens with zero attached hydrogens (tertiary/aromatic N) is 1. The number of amides is 1. The van der Waals surface area contributed by atoms with E-state index in [0.29, 0.717) is 18.6 Å². The standard InChI is InChI=1S/C15H26N2O2/c18-15-11-19-14(12-6-8-16-9-7-12)10-17(15)13-4-2-1-3-5-13/h12-14,16H,1-11H2. The van der Waals surface area contributed by atoms with Crippen molar-refractivity contribution in [3.05, 3.63) is 0 Å². The maximum atomic E-state index is 12.1. The molecule has 4 nitrogen and oxygen atoms in total. The highest BCUT2D eigenvalue weighted by molar-refractivity contribution is 5.78. The van der Waals surface area contributed by atoms with Crippen LogP contribution >= 0.6 is 0 Å². The third kappa shape index (κ3) is 3.11. The average Bonchev–Trinajstić information content (AvgIpc) is 2.49. The molecule has 0 bridgehead atoms. The second kappa shape index (κ2) is 6.23. The van der Waals surface area contributed by atoms with Crippen LogP contribution in [0, 0.1) is 5.92 Å². The van der Waals surface area contributed by atoms with Crippen molar-refractivity contribution in [3.63, 3.8) is 0 Å². The highest BCUT2D eigenvalue weighted by atomic mass is 16.5. The number of carbonyl (C=O) groups excluding carboxylic acids is 1. The SMILES string of the molecule is O=C1COC(C2CCNCC2)CN1C1CCCCC1. The maximum absolute atomic E-state index is 12.1. The van der Waals surface area contributed by atoms with Crippen molar-refractivity contribution >= 4 is 5.91 Å². The lowest BCUT2D eigenvalue weighted by Crippen LogP contribution is -2.54. The van der Waals surface area contributed by atoms with E-state index in [1.165, 1.54) is 44.9 Å². The summed E-state index contributed by atoms with van der Waals surface area (Å²) in [5, 5.41) is 3.40. The summed E-state index contributed by atoms with van der Waals surface area (Å²) in [5.74, 6) is 0.859. The summed E-state index contributed by atoms with van der Waals surface area (Å²) in [6.45, 7) is 3.35. The molecule has 108 valence electrons. The van der Waals surface area contributed by atoms with Crippen LogP contribution in [0.1, 0.15) is 44.9 Å². The number of carbonyl (C=O) groups is 1. The Morgan fingerprint density at radius 3 is 2.53 bits per heavy atom. The predicted molar refractivity (Wildman–Crippen MR) is 73.9 cm³/mol. The summed E-state index contributed by atoms with van der Waals surface area (Å²) < 4.78 is 5.83. The maximum Gasteiger partial charge on any atom is 0.248 e. The normalized spacial score (nSPS) is 31.7. The van der Waals surface area contributed by atoms with Crippen molar-refractivity contribution in [2.24, 2.45) is 5.92 Å². The predicted octanol–water partition coefficient (Wildman–Crippen LogP) is 1.55. The molecular formula is C15H26N2O2. The van der Waals surface area contributed by atoms with Gasteiger partial charge in [-0.05, 0) is 44.7 Å². The van der Waals surface area contributed by atoms with Crippen LogP contribution < -0.4 is 5.32 Å². The minimum absolute atomic E-state index is 0.220. The molecule has 2 aliphatic heterocycles. The molecule has 0 aromatic carbocycles. The van der Waals surface area contributed by atoms with Gasteiger partial charge >= 0.3 is 0 Å². The van der Waals surface area contributed by atoms with Crippen LogP contribution in [0.15, 0.2) is 0 Å². The Labute approximate surface area is 115 Å². The molecule has 0 aromatic heterocycles. The molecule has 1 saturated carbocycles. The Kier molecular flexibility index (Phi) is 4.38. The van der Waals surface area contributed by atoms with Gasteiger partial charge in [0.2, 0.25) is 5.91 Å². The van der Waals surface area contributed by atoms with E-state index in [9.17, 15) is 4.79 Å². The fraction of sp³-hybridized carbons (Fsp3) is 0.933. The summed E-state index contributed by atoms with van der Waals surface area (Å²) in [5.41, 5.74) is 0. The lowest BCUT2D eigenvalue weighted by atomic mass is 9.89. The molecule has 0 radical (unpaired) electrons. The van der Waals surface area contributed by atoms with Gasteiger partial charge in [0.1, 0.15) is 6.61 Å². The molecule has 0 spiro atoms. The molecule has 0 aromatic rings. The van der Waals surface area contributed by atoms with Gasteiger partial charge in [-0.15, -0.1) is 0 Å². The van der Waals surface area contributed by atoms with Gasteiger partial charge in [-0.2, -0.15) is 0 Å². The Balaban J connectivity index is 1.60. The number of nitrogens with one attached hydrogen (secondary N) is 1. The van der Waals surface area contributed by atoms with Crippen LogP contribution in [0.25, 0.3) is 0 Å². The van der Waals surface area contributed by atoms with Crippen molar-refractivity contribution in [1.82, 2.24) is 10.2 Å². The molecule has 2 heterocycles. The molecule has 3 fully saturated rings. The minimum atomic E-state index is 0.220. The topological polar surface area (TPSA) is 41.6 Å². The van der Waals surface area contributed by atoms with Crippen LogP contribution in [0.5, 0.6) is 0 Å². The quantitative estimate of drug-likeness (QED) is 0.824. The molecule has 1 aliphatic carbocycles. The second-order valence-electron chi connectivity index (χ2n) is 6.27. The zero-order valence-corrected chi connectivity index (χ0v) is 11.8. The van der Waals surface area contributed by atoms with E-state index in [1.54, 1.807) is 0 Å². The zero-order valence-electron chi connectivity index (χ0n) is 11.8. The molecule has 1 N–H and O–H groups in total. The van der Waals surface area contributed by atoms with Crippen LogP contribution in [-0.4, -0.2) is 49.2 Å². The highest BCUT2D eigenvalue weighted by Gasteiger charge is 2.35. The first-order chi connectivity index (χ1) is 9.34. The summed E-state index contributed by atoms with van der Waals surface area (Å²) >= 11 is 0. The van der Waals surface area contributed by atoms with Crippen LogP contribution in [0.3, 0.4) is 0 Å². The molecule has 3 aliphatic rings. The van der Waals surface area contributed by atoms with Crippen LogP contribution in [0.4, 0.5) is 0 Å². The first-order valence-electron chi connectivity index (χ1n) is 7.96. The van der Waals surface area contributed by atoms with E-state index in [0.717, 1.165) is 19.6 Å². The molecule has 3 rings (SSSR count). The molecule has 2 saturated heterocycles. The smallest absolute Gasteiger partial charge is 0.248 e.